The van der Waals surface area contributed by atoms with Crippen LogP contribution in [0.25, 0.3) is 22.1 Å². The number of benzene rings is 3. The molecule has 2 heterocycles. The van der Waals surface area contributed by atoms with Crippen molar-refractivity contribution in [2.24, 2.45) is 0 Å². The molecule has 0 spiro atoms. The number of hydrogen-bond donors (Lipinski definition) is 1. The van der Waals surface area contributed by atoms with E-state index >= 15 is 0 Å². The average molecular weight is 440 g/mol. The number of carbonyl (C=O) groups excluding carboxylic acids is 1. The van der Waals surface area contributed by atoms with E-state index in [9.17, 15) is 4.79 Å². The number of nitrogens with one attached hydrogen (secondary N) is 1. The molecule has 0 aliphatic heterocycles. The first kappa shape index (κ1) is 20.8. The number of para-hydroxylation sites is 5. The molecule has 0 fully saturated rings. The highest BCUT2D eigenvalue weighted by molar-refractivity contribution is 5.81. The molecular formula is C26H25N5O2. The van der Waals surface area contributed by atoms with Crippen LogP contribution in [0.3, 0.4) is 0 Å². The molecule has 7 nitrogen and oxygen atoms in total. The summed E-state index contributed by atoms with van der Waals surface area (Å²) in [4.78, 5) is 21.8. The quantitative estimate of drug-likeness (QED) is 0.350. The molecule has 1 amide bonds. The third kappa shape index (κ3) is 4.72. The Kier molecular flexibility index (Phi) is 6.01. The summed E-state index contributed by atoms with van der Waals surface area (Å²) < 4.78 is 9.94. The van der Waals surface area contributed by atoms with Crippen LogP contribution >= 0.6 is 0 Å². The largest absolute Gasteiger partial charge is 0.486 e. The number of nitrogens with zero attached hydrogens (tertiary/aromatic N) is 4. The number of hydrogen-bond acceptors (Lipinski definition) is 4. The number of imidazole rings is 2. The summed E-state index contributed by atoms with van der Waals surface area (Å²) in [6, 6.07) is 25.5. The maximum absolute atomic E-state index is 12.7. The number of fused-ring (bicyclic) bond motifs is 2. The van der Waals surface area contributed by atoms with E-state index in [0.29, 0.717) is 13.2 Å². The van der Waals surface area contributed by atoms with Crippen molar-refractivity contribution in [2.45, 2.75) is 26.1 Å². The molecule has 0 aliphatic carbocycles. The molecule has 0 unspecified atom stereocenters. The van der Waals surface area contributed by atoms with E-state index < -0.39 is 0 Å². The van der Waals surface area contributed by atoms with Gasteiger partial charge in [-0.15, -0.1) is 0 Å². The lowest BCUT2D eigenvalue weighted by molar-refractivity contribution is -0.121. The summed E-state index contributed by atoms with van der Waals surface area (Å²) in [5, 5.41) is 3.04. The summed E-state index contributed by atoms with van der Waals surface area (Å²) in [5.74, 6) is 1.45. The van der Waals surface area contributed by atoms with Crippen LogP contribution in [0.15, 0.2) is 85.2 Å². The minimum atomic E-state index is -0.0467. The molecule has 5 aromatic rings. The predicted octanol–water partition coefficient (Wildman–Crippen LogP) is 4.17. The Bertz CT molecular complexity index is 1370. The summed E-state index contributed by atoms with van der Waals surface area (Å²) >= 11 is 0. The standard InChI is InChI=1S/C26H25N5O2/c32-26(27-15-8-16-30-19-28-21-11-4-6-13-23(21)30)17-31-24-14-7-5-12-22(24)29-25(31)18-33-20-9-2-1-3-10-20/h1-7,9-14,19H,8,15-18H2,(H,27,32). The first-order valence-electron chi connectivity index (χ1n) is 11.1. The second-order valence-electron chi connectivity index (χ2n) is 7.83. The molecule has 1 N–H and O–H groups in total. The monoisotopic (exact) mass is 439 g/mol. The summed E-state index contributed by atoms with van der Waals surface area (Å²) in [5.41, 5.74) is 3.86. The van der Waals surface area contributed by atoms with Crippen LogP contribution in [-0.2, 0) is 24.5 Å². The maximum atomic E-state index is 12.7. The molecule has 2 aromatic heterocycles. The molecule has 0 saturated heterocycles. The Morgan fingerprint density at radius 1 is 0.879 bits per heavy atom. The Balaban J connectivity index is 1.21. The summed E-state index contributed by atoms with van der Waals surface area (Å²) in [6.45, 7) is 1.88. The number of carbonyl (C=O) groups is 1. The number of aromatic nitrogens is 4. The van der Waals surface area contributed by atoms with E-state index in [1.54, 1.807) is 0 Å². The Morgan fingerprint density at radius 2 is 1.61 bits per heavy atom. The van der Waals surface area contributed by atoms with Gasteiger partial charge in [-0.1, -0.05) is 42.5 Å². The van der Waals surface area contributed by atoms with Gasteiger partial charge in [-0.2, -0.15) is 0 Å². The van der Waals surface area contributed by atoms with Gasteiger partial charge >= 0.3 is 0 Å². The van der Waals surface area contributed by atoms with Crippen molar-refractivity contribution in [2.75, 3.05) is 6.54 Å². The topological polar surface area (TPSA) is 74.0 Å². The molecule has 7 heteroatoms. The molecular weight excluding hydrogens is 414 g/mol. The van der Waals surface area contributed by atoms with E-state index in [1.165, 1.54) is 0 Å². The Hall–Kier alpha value is -4.13. The van der Waals surface area contributed by atoms with Crippen molar-refractivity contribution < 1.29 is 9.53 Å². The smallest absolute Gasteiger partial charge is 0.240 e. The molecule has 0 atom stereocenters. The van der Waals surface area contributed by atoms with E-state index in [0.717, 1.165) is 46.6 Å². The van der Waals surface area contributed by atoms with Gasteiger partial charge in [-0.3, -0.25) is 4.79 Å². The lowest BCUT2D eigenvalue weighted by atomic mass is 10.3. The highest BCUT2D eigenvalue weighted by Crippen LogP contribution is 2.18. The van der Waals surface area contributed by atoms with Crippen LogP contribution in [0.5, 0.6) is 5.75 Å². The zero-order valence-corrected chi connectivity index (χ0v) is 18.2. The molecule has 33 heavy (non-hydrogen) atoms. The van der Waals surface area contributed by atoms with E-state index in [-0.39, 0.29) is 12.5 Å². The lowest BCUT2D eigenvalue weighted by Crippen LogP contribution is -2.29. The second-order valence-corrected chi connectivity index (χ2v) is 7.83. The molecule has 0 bridgehead atoms. The van der Waals surface area contributed by atoms with Crippen molar-refractivity contribution in [3.63, 3.8) is 0 Å². The average Bonchev–Trinajstić information content (AvgIpc) is 3.42. The highest BCUT2D eigenvalue weighted by Gasteiger charge is 2.14. The SMILES string of the molecule is O=C(Cn1c(COc2ccccc2)nc2ccccc21)NCCCn1cnc2ccccc21. The fraction of sp³-hybridized carbons (Fsp3) is 0.192. The van der Waals surface area contributed by atoms with Crippen molar-refractivity contribution in [3.05, 3.63) is 91.0 Å². The Morgan fingerprint density at radius 3 is 2.45 bits per heavy atom. The number of rotatable bonds is 9. The van der Waals surface area contributed by atoms with Gasteiger partial charge in [0, 0.05) is 13.1 Å². The van der Waals surface area contributed by atoms with Crippen LogP contribution in [-0.4, -0.2) is 31.6 Å². The second kappa shape index (κ2) is 9.56. The van der Waals surface area contributed by atoms with Crippen LogP contribution in [0, 0.1) is 0 Å². The van der Waals surface area contributed by atoms with Gasteiger partial charge in [-0.25, -0.2) is 9.97 Å². The van der Waals surface area contributed by atoms with E-state index in [1.807, 2.05) is 83.7 Å². The van der Waals surface area contributed by atoms with Gasteiger partial charge in [0.1, 0.15) is 24.7 Å². The van der Waals surface area contributed by atoms with Gasteiger partial charge in [-0.05, 0) is 42.8 Å². The van der Waals surface area contributed by atoms with Crippen LogP contribution in [0.1, 0.15) is 12.2 Å². The van der Waals surface area contributed by atoms with Crippen molar-refractivity contribution in [1.29, 1.82) is 0 Å². The molecule has 3 aromatic carbocycles. The van der Waals surface area contributed by atoms with Gasteiger partial charge in [0.2, 0.25) is 5.91 Å². The summed E-state index contributed by atoms with van der Waals surface area (Å²) in [7, 11) is 0. The molecule has 5 rings (SSSR count). The van der Waals surface area contributed by atoms with Crippen LogP contribution in [0.2, 0.25) is 0 Å². The first-order chi connectivity index (χ1) is 16.3. The third-order valence-corrected chi connectivity index (χ3v) is 5.57. The number of amides is 1. The number of ether oxygens (including phenoxy) is 1. The molecule has 0 radical (unpaired) electrons. The lowest BCUT2D eigenvalue weighted by Gasteiger charge is -2.11. The van der Waals surface area contributed by atoms with Gasteiger partial charge in [0.05, 0.1) is 28.4 Å². The fourth-order valence-electron chi connectivity index (χ4n) is 3.94. The maximum Gasteiger partial charge on any atom is 0.240 e. The van der Waals surface area contributed by atoms with Crippen LogP contribution < -0.4 is 10.1 Å². The zero-order chi connectivity index (χ0) is 22.5. The minimum absolute atomic E-state index is 0.0467. The van der Waals surface area contributed by atoms with Gasteiger partial charge in [0.25, 0.3) is 0 Å². The van der Waals surface area contributed by atoms with Crippen LogP contribution in [0.4, 0.5) is 0 Å². The first-order valence-corrected chi connectivity index (χ1v) is 11.1. The zero-order valence-electron chi connectivity index (χ0n) is 18.2. The number of aryl methyl sites for hydroxylation is 1. The minimum Gasteiger partial charge on any atom is -0.486 e. The van der Waals surface area contributed by atoms with E-state index in [2.05, 4.69) is 25.9 Å². The van der Waals surface area contributed by atoms with Crippen molar-refractivity contribution in [3.8, 4) is 5.75 Å². The fourth-order valence-corrected chi connectivity index (χ4v) is 3.94. The molecule has 166 valence electrons. The summed E-state index contributed by atoms with van der Waals surface area (Å²) in [6.07, 6.45) is 2.67. The molecule has 0 aliphatic rings. The highest BCUT2D eigenvalue weighted by atomic mass is 16.5. The predicted molar refractivity (Wildman–Crippen MR) is 128 cm³/mol. The van der Waals surface area contributed by atoms with Crippen molar-refractivity contribution >= 4 is 28.0 Å². The van der Waals surface area contributed by atoms with Gasteiger partial charge < -0.3 is 19.2 Å². The van der Waals surface area contributed by atoms with E-state index in [4.69, 9.17) is 4.74 Å². The normalized spacial score (nSPS) is 11.2. The molecule has 0 saturated carbocycles. The van der Waals surface area contributed by atoms with Crippen molar-refractivity contribution in [1.82, 2.24) is 24.4 Å². The van der Waals surface area contributed by atoms with Gasteiger partial charge in [0.15, 0.2) is 0 Å². The third-order valence-electron chi connectivity index (χ3n) is 5.57. The Labute approximate surface area is 191 Å².